The van der Waals surface area contributed by atoms with Crippen molar-refractivity contribution in [1.29, 1.82) is 0 Å². The van der Waals surface area contributed by atoms with Crippen LogP contribution in [0.1, 0.15) is 41.4 Å². The van der Waals surface area contributed by atoms with Crippen LogP contribution in [-0.2, 0) is 9.59 Å². The Bertz CT molecular complexity index is 1130. The zero-order valence-corrected chi connectivity index (χ0v) is 16.8. The number of carbonyl (C=O) groups is 3. The van der Waals surface area contributed by atoms with Crippen LogP contribution < -0.4 is 4.90 Å². The maximum absolute atomic E-state index is 13.0. The third-order valence-electron chi connectivity index (χ3n) is 6.26. The minimum Gasteiger partial charge on any atom is -0.478 e. The number of carboxylic acids is 1. The number of benzene rings is 2. The molecule has 0 saturated carbocycles. The predicted molar refractivity (Wildman–Crippen MR) is 114 cm³/mol. The van der Waals surface area contributed by atoms with E-state index in [1.165, 1.54) is 29.2 Å². The van der Waals surface area contributed by atoms with E-state index in [0.717, 1.165) is 42.8 Å². The highest BCUT2D eigenvalue weighted by atomic mass is 16.4. The van der Waals surface area contributed by atoms with Gasteiger partial charge in [-0.2, -0.15) is 0 Å². The fourth-order valence-electron chi connectivity index (χ4n) is 4.58. The number of nitrogens with zero attached hydrogens (tertiary/aromatic N) is 3. The average molecular weight is 418 g/mol. The first kappa shape index (κ1) is 19.4. The SMILES string of the molecule is O=C(O)c1ccc(N2C(=O)C[C@H](N3CCC(c4nc5ccccc5[nH]4)CC3)C2=O)cc1. The van der Waals surface area contributed by atoms with E-state index in [-0.39, 0.29) is 23.8 Å². The van der Waals surface area contributed by atoms with Crippen LogP contribution in [-0.4, -0.2) is 56.9 Å². The maximum atomic E-state index is 13.0. The van der Waals surface area contributed by atoms with Crippen molar-refractivity contribution < 1.29 is 19.5 Å². The van der Waals surface area contributed by atoms with Crippen molar-refractivity contribution in [2.24, 2.45) is 0 Å². The van der Waals surface area contributed by atoms with Crippen molar-refractivity contribution in [1.82, 2.24) is 14.9 Å². The van der Waals surface area contributed by atoms with Gasteiger partial charge in [0, 0.05) is 5.92 Å². The van der Waals surface area contributed by atoms with Crippen LogP contribution in [0.15, 0.2) is 48.5 Å². The first-order valence-electron chi connectivity index (χ1n) is 10.4. The van der Waals surface area contributed by atoms with Crippen molar-refractivity contribution >= 4 is 34.5 Å². The lowest BCUT2D eigenvalue weighted by atomic mass is 9.95. The van der Waals surface area contributed by atoms with Gasteiger partial charge in [0.25, 0.3) is 5.91 Å². The van der Waals surface area contributed by atoms with Gasteiger partial charge in [0.2, 0.25) is 5.91 Å². The number of piperidine rings is 1. The van der Waals surface area contributed by atoms with E-state index in [1.54, 1.807) is 0 Å². The number of carbonyl (C=O) groups excluding carboxylic acids is 2. The molecule has 2 N–H and O–H groups in total. The molecule has 8 heteroatoms. The van der Waals surface area contributed by atoms with Gasteiger partial charge in [0.1, 0.15) is 5.82 Å². The summed E-state index contributed by atoms with van der Waals surface area (Å²) in [6.45, 7) is 1.44. The first-order valence-corrected chi connectivity index (χ1v) is 10.4. The lowest BCUT2D eigenvalue weighted by Crippen LogP contribution is -2.45. The molecule has 0 spiro atoms. The molecule has 2 aliphatic rings. The molecule has 8 nitrogen and oxygen atoms in total. The number of rotatable bonds is 4. The van der Waals surface area contributed by atoms with Gasteiger partial charge in [-0.3, -0.25) is 14.5 Å². The Hall–Kier alpha value is -3.52. The minimum absolute atomic E-state index is 0.118. The van der Waals surface area contributed by atoms with E-state index < -0.39 is 12.0 Å². The van der Waals surface area contributed by atoms with Gasteiger partial charge in [0.05, 0.1) is 34.7 Å². The Morgan fingerprint density at radius 1 is 1.03 bits per heavy atom. The topological polar surface area (TPSA) is 107 Å². The van der Waals surface area contributed by atoms with Crippen LogP contribution in [0.3, 0.4) is 0 Å². The molecule has 5 rings (SSSR count). The summed E-state index contributed by atoms with van der Waals surface area (Å²) >= 11 is 0. The summed E-state index contributed by atoms with van der Waals surface area (Å²) in [4.78, 5) is 48.0. The zero-order chi connectivity index (χ0) is 21.5. The van der Waals surface area contributed by atoms with Crippen LogP contribution in [0.5, 0.6) is 0 Å². The number of para-hydroxylation sites is 2. The quantitative estimate of drug-likeness (QED) is 0.631. The average Bonchev–Trinajstić information content (AvgIpc) is 3.34. The number of aromatic nitrogens is 2. The van der Waals surface area contributed by atoms with Crippen molar-refractivity contribution in [3.8, 4) is 0 Å². The maximum Gasteiger partial charge on any atom is 0.335 e. The molecule has 1 aromatic heterocycles. The first-order chi connectivity index (χ1) is 15.0. The molecule has 158 valence electrons. The fraction of sp³-hybridized carbons (Fsp3) is 0.304. The Kier molecular flexibility index (Phi) is 4.78. The predicted octanol–water partition coefficient (Wildman–Crippen LogP) is 2.77. The summed E-state index contributed by atoms with van der Waals surface area (Å²) in [6.07, 6.45) is 1.88. The van der Waals surface area contributed by atoms with Crippen LogP contribution in [0.4, 0.5) is 5.69 Å². The second-order valence-electron chi connectivity index (χ2n) is 8.09. The highest BCUT2D eigenvalue weighted by molar-refractivity contribution is 6.22. The number of anilines is 1. The molecule has 1 atom stereocenters. The third kappa shape index (κ3) is 3.48. The molecular formula is C23H22N4O4. The molecule has 2 aliphatic heterocycles. The monoisotopic (exact) mass is 418 g/mol. The number of nitrogens with one attached hydrogen (secondary N) is 1. The van der Waals surface area contributed by atoms with Crippen LogP contribution in [0.2, 0.25) is 0 Å². The highest BCUT2D eigenvalue weighted by Gasteiger charge is 2.43. The van der Waals surface area contributed by atoms with Crippen molar-refractivity contribution in [3.05, 3.63) is 59.9 Å². The van der Waals surface area contributed by atoms with Crippen LogP contribution in [0, 0.1) is 0 Å². The molecule has 3 aromatic rings. The van der Waals surface area contributed by atoms with Gasteiger partial charge in [-0.15, -0.1) is 0 Å². The van der Waals surface area contributed by atoms with Crippen molar-refractivity contribution in [2.75, 3.05) is 18.0 Å². The number of imidazole rings is 1. The lowest BCUT2D eigenvalue weighted by molar-refractivity contribution is -0.123. The van der Waals surface area contributed by atoms with Crippen LogP contribution >= 0.6 is 0 Å². The number of aromatic carboxylic acids is 1. The van der Waals surface area contributed by atoms with E-state index in [4.69, 9.17) is 10.1 Å². The largest absolute Gasteiger partial charge is 0.478 e. The number of aromatic amines is 1. The van der Waals surface area contributed by atoms with E-state index in [0.29, 0.717) is 11.6 Å². The number of imide groups is 1. The molecular weight excluding hydrogens is 396 g/mol. The number of carboxylic acid groups (broad SMARTS) is 1. The molecule has 0 radical (unpaired) electrons. The number of hydrogen-bond acceptors (Lipinski definition) is 5. The van der Waals surface area contributed by atoms with Gasteiger partial charge in [-0.25, -0.2) is 14.7 Å². The van der Waals surface area contributed by atoms with E-state index >= 15 is 0 Å². The molecule has 31 heavy (non-hydrogen) atoms. The number of likely N-dealkylation sites (tertiary alicyclic amines) is 1. The van der Waals surface area contributed by atoms with E-state index in [1.807, 2.05) is 24.3 Å². The zero-order valence-electron chi connectivity index (χ0n) is 16.8. The van der Waals surface area contributed by atoms with Gasteiger partial charge < -0.3 is 10.1 Å². The summed E-state index contributed by atoms with van der Waals surface area (Å²) in [7, 11) is 0. The third-order valence-corrected chi connectivity index (χ3v) is 6.26. The van der Waals surface area contributed by atoms with Gasteiger partial charge in [-0.1, -0.05) is 12.1 Å². The molecule has 3 heterocycles. The van der Waals surface area contributed by atoms with Crippen molar-refractivity contribution in [3.63, 3.8) is 0 Å². The van der Waals surface area contributed by atoms with Crippen LogP contribution in [0.25, 0.3) is 11.0 Å². The number of hydrogen-bond donors (Lipinski definition) is 2. The second-order valence-corrected chi connectivity index (χ2v) is 8.09. The summed E-state index contributed by atoms with van der Waals surface area (Å²) in [5.41, 5.74) is 2.52. The summed E-state index contributed by atoms with van der Waals surface area (Å²) in [6, 6.07) is 13.3. The molecule has 0 aliphatic carbocycles. The number of H-pyrrole nitrogens is 1. The van der Waals surface area contributed by atoms with Crippen molar-refractivity contribution in [2.45, 2.75) is 31.2 Å². The summed E-state index contributed by atoms with van der Waals surface area (Å²) in [5, 5.41) is 9.04. The standard InChI is InChI=1S/C23H22N4O4/c28-20-13-19(22(29)27(20)16-7-5-15(6-8-16)23(30)31)26-11-9-14(10-12-26)21-24-17-3-1-2-4-18(17)25-21/h1-8,14,19H,9-13H2,(H,24,25)(H,30,31)/t19-/m0/s1. The smallest absolute Gasteiger partial charge is 0.335 e. The fourth-order valence-corrected chi connectivity index (χ4v) is 4.58. The Balaban J connectivity index is 1.26. The Morgan fingerprint density at radius 3 is 2.42 bits per heavy atom. The second kappa shape index (κ2) is 7.63. The molecule has 2 amide bonds. The molecule has 2 fully saturated rings. The van der Waals surface area contributed by atoms with Gasteiger partial charge in [-0.05, 0) is 62.3 Å². The molecule has 0 bridgehead atoms. The van der Waals surface area contributed by atoms with E-state index in [2.05, 4.69) is 9.88 Å². The summed E-state index contributed by atoms with van der Waals surface area (Å²) < 4.78 is 0. The van der Waals surface area contributed by atoms with Gasteiger partial charge in [0.15, 0.2) is 0 Å². The summed E-state index contributed by atoms with van der Waals surface area (Å²) in [5.74, 6) is -0.256. The Morgan fingerprint density at radius 2 is 1.74 bits per heavy atom. The molecule has 2 saturated heterocycles. The minimum atomic E-state index is -1.05. The van der Waals surface area contributed by atoms with Gasteiger partial charge >= 0.3 is 5.97 Å². The van der Waals surface area contributed by atoms with E-state index in [9.17, 15) is 14.4 Å². The Labute approximate surface area is 178 Å². The lowest BCUT2D eigenvalue weighted by Gasteiger charge is -2.34. The molecule has 2 aromatic carbocycles. The normalized spacial score (nSPS) is 20.6. The number of amides is 2. The number of fused-ring (bicyclic) bond motifs is 1. The highest BCUT2D eigenvalue weighted by Crippen LogP contribution is 2.32. The molecule has 0 unspecified atom stereocenters.